The van der Waals surface area contributed by atoms with Crippen LogP contribution in [0.2, 0.25) is 0 Å². The number of thiophene rings is 1. The van der Waals surface area contributed by atoms with E-state index in [4.69, 9.17) is 0 Å². The van der Waals surface area contributed by atoms with Crippen LogP contribution in [0.1, 0.15) is 25.7 Å². The second kappa shape index (κ2) is 6.17. The third-order valence-corrected chi connectivity index (χ3v) is 5.42. The van der Waals surface area contributed by atoms with E-state index in [-0.39, 0.29) is 5.41 Å². The van der Waals surface area contributed by atoms with E-state index < -0.39 is 0 Å². The molecule has 1 aliphatic rings. The highest BCUT2D eigenvalue weighted by Crippen LogP contribution is 2.38. The van der Waals surface area contributed by atoms with Crippen molar-refractivity contribution in [2.75, 3.05) is 11.9 Å². The maximum atomic E-state index is 9.57. The molecule has 6 heteroatoms. The molecule has 5 nitrogen and oxygen atoms in total. The molecule has 1 aliphatic carbocycles. The van der Waals surface area contributed by atoms with Crippen LogP contribution in [0.3, 0.4) is 0 Å². The van der Waals surface area contributed by atoms with Crippen molar-refractivity contribution in [2.24, 2.45) is 5.41 Å². The summed E-state index contributed by atoms with van der Waals surface area (Å²) in [6.07, 6.45) is 5.93. The Morgan fingerprint density at radius 1 is 1.21 bits per heavy atom. The van der Waals surface area contributed by atoms with Crippen LogP contribution in [0.15, 0.2) is 35.8 Å². The number of hydrogen-bond donors (Lipinski definition) is 1. The molecule has 120 valence electrons. The summed E-state index contributed by atoms with van der Waals surface area (Å²) in [4.78, 5) is 14.6. The first kappa shape index (κ1) is 15.0. The van der Waals surface area contributed by atoms with Crippen molar-refractivity contribution in [3.63, 3.8) is 0 Å². The van der Waals surface area contributed by atoms with E-state index in [0.29, 0.717) is 12.4 Å². The zero-order chi connectivity index (χ0) is 16.4. The summed E-state index contributed by atoms with van der Waals surface area (Å²) in [5, 5.41) is 16.0. The van der Waals surface area contributed by atoms with Gasteiger partial charge in [-0.2, -0.15) is 5.26 Å². The smallest absolute Gasteiger partial charge is 0.181 e. The fraction of sp³-hybridized carbons (Fsp3) is 0.333. The Labute approximate surface area is 144 Å². The average Bonchev–Trinajstić information content (AvgIpc) is 3.30. The summed E-state index contributed by atoms with van der Waals surface area (Å²) in [5.41, 5.74) is 0.491. The number of aromatic nitrogens is 3. The number of nitrogens with zero attached hydrogens (tertiary/aromatic N) is 4. The van der Waals surface area contributed by atoms with Gasteiger partial charge in [0.05, 0.1) is 16.9 Å². The molecule has 0 aromatic carbocycles. The van der Waals surface area contributed by atoms with Crippen LogP contribution in [0.4, 0.5) is 5.82 Å². The normalized spacial score (nSPS) is 16.1. The van der Waals surface area contributed by atoms with E-state index in [1.165, 1.54) is 0 Å². The maximum Gasteiger partial charge on any atom is 0.181 e. The largest absolute Gasteiger partial charge is 0.368 e. The van der Waals surface area contributed by atoms with Crippen LogP contribution in [-0.4, -0.2) is 21.5 Å². The molecular formula is C18H17N5S. The standard InChI is InChI=1S/C18H17N5S/c19-11-18(7-2-3-8-18)12-21-15-13-6-10-24-17(13)23-16(22-15)14-5-1-4-9-20-14/h1,4-6,9-10H,2-3,7-8,12H2,(H,21,22,23). The number of hydrogen-bond acceptors (Lipinski definition) is 6. The van der Waals surface area contributed by atoms with E-state index in [9.17, 15) is 5.26 Å². The average molecular weight is 335 g/mol. The molecule has 3 aromatic heterocycles. The number of pyridine rings is 1. The Morgan fingerprint density at radius 3 is 2.83 bits per heavy atom. The molecule has 0 unspecified atom stereocenters. The molecule has 1 saturated carbocycles. The van der Waals surface area contributed by atoms with Crippen LogP contribution in [0.25, 0.3) is 21.7 Å². The van der Waals surface area contributed by atoms with Crippen LogP contribution in [0, 0.1) is 16.7 Å². The van der Waals surface area contributed by atoms with E-state index in [1.54, 1.807) is 17.5 Å². The zero-order valence-corrected chi connectivity index (χ0v) is 14.0. The summed E-state index contributed by atoms with van der Waals surface area (Å²) in [5.74, 6) is 1.41. The predicted molar refractivity (Wildman–Crippen MR) is 95.6 cm³/mol. The third kappa shape index (κ3) is 2.72. The number of nitrogens with one attached hydrogen (secondary N) is 1. The van der Waals surface area contributed by atoms with Gasteiger partial charge in [-0.15, -0.1) is 11.3 Å². The minimum Gasteiger partial charge on any atom is -0.368 e. The maximum absolute atomic E-state index is 9.57. The molecule has 0 aliphatic heterocycles. The van der Waals surface area contributed by atoms with Gasteiger partial charge in [0.2, 0.25) is 0 Å². The number of fused-ring (bicyclic) bond motifs is 1. The Bertz CT molecular complexity index is 891. The lowest BCUT2D eigenvalue weighted by atomic mass is 9.88. The van der Waals surface area contributed by atoms with Crippen LogP contribution >= 0.6 is 11.3 Å². The van der Waals surface area contributed by atoms with Gasteiger partial charge >= 0.3 is 0 Å². The Kier molecular flexibility index (Phi) is 3.87. The molecule has 0 atom stereocenters. The molecule has 0 spiro atoms. The molecular weight excluding hydrogens is 318 g/mol. The lowest BCUT2D eigenvalue weighted by Gasteiger charge is -2.21. The second-order valence-electron chi connectivity index (χ2n) is 6.20. The highest BCUT2D eigenvalue weighted by molar-refractivity contribution is 7.16. The quantitative estimate of drug-likeness (QED) is 0.771. The van der Waals surface area contributed by atoms with Crippen molar-refractivity contribution in [1.29, 1.82) is 5.26 Å². The first-order chi connectivity index (χ1) is 11.8. The summed E-state index contributed by atoms with van der Waals surface area (Å²) < 4.78 is 0. The first-order valence-corrected chi connectivity index (χ1v) is 8.99. The van der Waals surface area contributed by atoms with Crippen LogP contribution < -0.4 is 5.32 Å². The zero-order valence-electron chi connectivity index (χ0n) is 13.2. The van der Waals surface area contributed by atoms with Gasteiger partial charge in [-0.3, -0.25) is 4.98 Å². The Balaban J connectivity index is 1.69. The summed E-state index contributed by atoms with van der Waals surface area (Å²) in [6, 6.07) is 10.3. The van der Waals surface area contributed by atoms with E-state index in [1.807, 2.05) is 29.6 Å². The molecule has 1 N–H and O–H groups in total. The van der Waals surface area contributed by atoms with Gasteiger partial charge in [-0.05, 0) is 36.4 Å². The molecule has 0 bridgehead atoms. The van der Waals surface area contributed by atoms with Gasteiger partial charge < -0.3 is 5.32 Å². The highest BCUT2D eigenvalue weighted by Gasteiger charge is 2.34. The molecule has 1 fully saturated rings. The molecule has 0 amide bonds. The predicted octanol–water partition coefficient (Wildman–Crippen LogP) is 4.25. The minimum absolute atomic E-state index is 0.265. The van der Waals surface area contributed by atoms with Crippen molar-refractivity contribution >= 4 is 27.4 Å². The van der Waals surface area contributed by atoms with E-state index in [0.717, 1.165) is 47.4 Å². The van der Waals surface area contributed by atoms with Crippen molar-refractivity contribution in [1.82, 2.24) is 15.0 Å². The van der Waals surface area contributed by atoms with Gasteiger partial charge in [0.15, 0.2) is 5.82 Å². The van der Waals surface area contributed by atoms with Gasteiger partial charge in [0.25, 0.3) is 0 Å². The monoisotopic (exact) mass is 335 g/mol. The SMILES string of the molecule is N#CC1(CNc2nc(-c3ccccn3)nc3sccc23)CCCC1. The van der Waals surface area contributed by atoms with Crippen molar-refractivity contribution < 1.29 is 0 Å². The van der Waals surface area contributed by atoms with E-state index in [2.05, 4.69) is 26.3 Å². The molecule has 24 heavy (non-hydrogen) atoms. The summed E-state index contributed by atoms with van der Waals surface area (Å²) >= 11 is 1.59. The highest BCUT2D eigenvalue weighted by atomic mass is 32.1. The first-order valence-electron chi connectivity index (χ1n) is 8.11. The lowest BCUT2D eigenvalue weighted by molar-refractivity contribution is 0.437. The lowest BCUT2D eigenvalue weighted by Crippen LogP contribution is -2.25. The van der Waals surface area contributed by atoms with Crippen molar-refractivity contribution in [3.05, 3.63) is 35.8 Å². The topological polar surface area (TPSA) is 74.5 Å². The van der Waals surface area contributed by atoms with Gasteiger partial charge in [-0.25, -0.2) is 9.97 Å². The molecule has 4 rings (SSSR count). The molecule has 3 heterocycles. The van der Waals surface area contributed by atoms with Gasteiger partial charge in [0, 0.05) is 12.7 Å². The van der Waals surface area contributed by atoms with Gasteiger partial charge in [-0.1, -0.05) is 18.9 Å². The van der Waals surface area contributed by atoms with E-state index >= 15 is 0 Å². The van der Waals surface area contributed by atoms with Crippen LogP contribution in [0.5, 0.6) is 0 Å². The second-order valence-corrected chi connectivity index (χ2v) is 7.10. The summed E-state index contributed by atoms with van der Waals surface area (Å²) in [7, 11) is 0. The fourth-order valence-electron chi connectivity index (χ4n) is 3.23. The van der Waals surface area contributed by atoms with Gasteiger partial charge in [0.1, 0.15) is 16.3 Å². The number of anilines is 1. The van der Waals surface area contributed by atoms with Crippen molar-refractivity contribution in [2.45, 2.75) is 25.7 Å². The Morgan fingerprint density at radius 2 is 2.08 bits per heavy atom. The Hall–Kier alpha value is -2.52. The fourth-order valence-corrected chi connectivity index (χ4v) is 4.00. The summed E-state index contributed by atoms with van der Waals surface area (Å²) in [6.45, 7) is 0.632. The molecule has 3 aromatic rings. The number of rotatable bonds is 4. The van der Waals surface area contributed by atoms with Crippen LogP contribution in [-0.2, 0) is 0 Å². The minimum atomic E-state index is -0.265. The third-order valence-electron chi connectivity index (χ3n) is 4.61. The van der Waals surface area contributed by atoms with Crippen molar-refractivity contribution in [3.8, 4) is 17.6 Å². The molecule has 0 saturated heterocycles. The molecule has 0 radical (unpaired) electrons. The number of nitriles is 1.